The molecule has 0 saturated carbocycles. The van der Waals surface area contributed by atoms with Crippen molar-refractivity contribution in [3.05, 3.63) is 34.6 Å². The second kappa shape index (κ2) is 6.57. The summed E-state index contributed by atoms with van der Waals surface area (Å²) < 4.78 is 12.8. The normalized spacial score (nSPS) is 9.44. The summed E-state index contributed by atoms with van der Waals surface area (Å²) in [5.41, 5.74) is 0.680. The van der Waals surface area contributed by atoms with Crippen LogP contribution in [-0.4, -0.2) is 10.9 Å². The number of rotatable bonds is 2. The van der Waals surface area contributed by atoms with E-state index in [-0.39, 0.29) is 10.1 Å². The van der Waals surface area contributed by atoms with Crippen LogP contribution < -0.4 is 0 Å². The van der Waals surface area contributed by atoms with Gasteiger partial charge < -0.3 is 0 Å². The molecule has 0 aliphatic rings. The highest BCUT2D eigenvalue weighted by Crippen LogP contribution is 2.15. The summed E-state index contributed by atoms with van der Waals surface area (Å²) >= 11 is 6.85. The smallest absolute Gasteiger partial charge is 0.185 e. The molecule has 0 N–H and O–H groups in total. The van der Waals surface area contributed by atoms with E-state index in [2.05, 4.69) is 11.8 Å². The fourth-order valence-electron chi connectivity index (χ4n) is 0.984. The Hall–Kier alpha value is -0.980. The summed E-state index contributed by atoms with van der Waals surface area (Å²) in [6.45, 7) is 1.53. The highest BCUT2D eigenvalue weighted by atomic mass is 35.5. The van der Waals surface area contributed by atoms with Crippen molar-refractivity contribution < 1.29 is 9.18 Å². The first-order chi connectivity index (χ1) is 7.59. The van der Waals surface area contributed by atoms with Crippen molar-refractivity contribution in [3.63, 3.8) is 0 Å². The third-order valence-corrected chi connectivity index (χ3v) is 2.79. The van der Waals surface area contributed by atoms with Gasteiger partial charge in [0.25, 0.3) is 0 Å². The van der Waals surface area contributed by atoms with Gasteiger partial charge in [-0.2, -0.15) is 0 Å². The zero-order valence-electron chi connectivity index (χ0n) is 8.72. The molecule has 0 aliphatic carbocycles. The number of carbonyl (C=O) groups excluding carboxylic acids is 1. The fraction of sp³-hybridized carbons (Fsp3) is 0.250. The Bertz CT molecular complexity index is 448. The standard InChI is InChI=1S/C12H10ClFOS/c1-9(15)16-7-3-2-4-10-5-6-12(14)11(13)8-10/h5-6,8H,3,7H2,1H3. The molecular formula is C12H10ClFOS. The Balaban J connectivity index is 2.50. The second-order valence-corrected chi connectivity index (χ2v) is 4.70. The molecule has 0 radical (unpaired) electrons. The molecule has 84 valence electrons. The predicted octanol–water partition coefficient (Wildman–Crippen LogP) is 3.50. The Morgan fingerprint density at radius 3 is 2.94 bits per heavy atom. The molecule has 0 atom stereocenters. The van der Waals surface area contributed by atoms with Gasteiger partial charge in [0, 0.05) is 24.7 Å². The fourth-order valence-corrected chi connectivity index (χ4v) is 1.66. The van der Waals surface area contributed by atoms with E-state index in [4.69, 9.17) is 11.6 Å². The van der Waals surface area contributed by atoms with Crippen molar-refractivity contribution in [2.45, 2.75) is 13.3 Å². The lowest BCUT2D eigenvalue weighted by Crippen LogP contribution is -1.84. The van der Waals surface area contributed by atoms with Crippen LogP contribution in [0.15, 0.2) is 18.2 Å². The van der Waals surface area contributed by atoms with Crippen LogP contribution in [0.25, 0.3) is 0 Å². The van der Waals surface area contributed by atoms with Gasteiger partial charge in [0.05, 0.1) is 5.02 Å². The van der Waals surface area contributed by atoms with E-state index in [1.807, 2.05) is 0 Å². The average Bonchev–Trinajstić information content (AvgIpc) is 2.22. The number of thioether (sulfide) groups is 1. The van der Waals surface area contributed by atoms with Crippen molar-refractivity contribution in [1.82, 2.24) is 0 Å². The molecule has 1 aromatic rings. The summed E-state index contributed by atoms with van der Waals surface area (Å²) in [6, 6.07) is 4.35. The molecule has 0 amide bonds. The lowest BCUT2D eigenvalue weighted by atomic mass is 10.2. The van der Waals surface area contributed by atoms with Gasteiger partial charge in [-0.3, -0.25) is 4.79 Å². The maximum absolute atomic E-state index is 12.8. The molecule has 0 spiro atoms. The van der Waals surface area contributed by atoms with E-state index in [1.54, 1.807) is 6.07 Å². The van der Waals surface area contributed by atoms with E-state index in [9.17, 15) is 9.18 Å². The van der Waals surface area contributed by atoms with Crippen LogP contribution in [0.2, 0.25) is 5.02 Å². The van der Waals surface area contributed by atoms with Gasteiger partial charge in [0.15, 0.2) is 5.12 Å². The molecule has 1 aromatic carbocycles. The highest BCUT2D eigenvalue weighted by molar-refractivity contribution is 8.13. The molecule has 0 unspecified atom stereocenters. The molecule has 0 bridgehead atoms. The van der Waals surface area contributed by atoms with E-state index in [1.165, 1.54) is 30.8 Å². The SMILES string of the molecule is CC(=O)SCCC#Cc1ccc(F)c(Cl)c1. The first kappa shape index (κ1) is 13.1. The Labute approximate surface area is 103 Å². The maximum atomic E-state index is 12.8. The highest BCUT2D eigenvalue weighted by Gasteiger charge is 1.98. The zero-order valence-corrected chi connectivity index (χ0v) is 10.3. The first-order valence-electron chi connectivity index (χ1n) is 4.67. The molecule has 0 fully saturated rings. The first-order valence-corrected chi connectivity index (χ1v) is 6.03. The molecule has 16 heavy (non-hydrogen) atoms. The van der Waals surface area contributed by atoms with E-state index in [0.29, 0.717) is 17.7 Å². The van der Waals surface area contributed by atoms with Crippen LogP contribution in [0.5, 0.6) is 0 Å². The Morgan fingerprint density at radius 1 is 1.56 bits per heavy atom. The molecule has 0 aliphatic heterocycles. The number of halogens is 2. The van der Waals surface area contributed by atoms with Crippen molar-refractivity contribution in [1.29, 1.82) is 0 Å². The topological polar surface area (TPSA) is 17.1 Å². The van der Waals surface area contributed by atoms with Crippen molar-refractivity contribution in [3.8, 4) is 11.8 Å². The number of benzene rings is 1. The van der Waals surface area contributed by atoms with Crippen molar-refractivity contribution >= 4 is 28.5 Å². The third kappa shape index (κ3) is 4.69. The van der Waals surface area contributed by atoms with Gasteiger partial charge in [0.2, 0.25) is 0 Å². The lowest BCUT2D eigenvalue weighted by Gasteiger charge is -1.94. The minimum atomic E-state index is -0.445. The van der Waals surface area contributed by atoms with Crippen LogP contribution >= 0.6 is 23.4 Å². The van der Waals surface area contributed by atoms with Crippen LogP contribution in [0.4, 0.5) is 4.39 Å². The molecule has 0 aromatic heterocycles. The van der Waals surface area contributed by atoms with Gasteiger partial charge >= 0.3 is 0 Å². The maximum Gasteiger partial charge on any atom is 0.185 e. The monoisotopic (exact) mass is 256 g/mol. The molecule has 4 heteroatoms. The van der Waals surface area contributed by atoms with Gasteiger partial charge in [-0.15, -0.1) is 0 Å². The van der Waals surface area contributed by atoms with Gasteiger partial charge in [-0.25, -0.2) is 4.39 Å². The van der Waals surface area contributed by atoms with Crippen molar-refractivity contribution in [2.24, 2.45) is 0 Å². The average molecular weight is 257 g/mol. The number of hydrogen-bond acceptors (Lipinski definition) is 2. The summed E-state index contributed by atoms with van der Waals surface area (Å²) in [7, 11) is 0. The zero-order chi connectivity index (χ0) is 12.0. The van der Waals surface area contributed by atoms with Crippen LogP contribution in [0.3, 0.4) is 0 Å². The summed E-state index contributed by atoms with van der Waals surface area (Å²) in [4.78, 5) is 10.6. The summed E-state index contributed by atoms with van der Waals surface area (Å²) in [5.74, 6) is 5.99. The predicted molar refractivity (Wildman–Crippen MR) is 66.0 cm³/mol. The molecular weight excluding hydrogens is 247 g/mol. The molecule has 1 rings (SSSR count). The van der Waals surface area contributed by atoms with E-state index >= 15 is 0 Å². The van der Waals surface area contributed by atoms with E-state index < -0.39 is 5.82 Å². The van der Waals surface area contributed by atoms with Crippen LogP contribution in [-0.2, 0) is 4.79 Å². The molecule has 0 saturated heterocycles. The number of hydrogen-bond donors (Lipinski definition) is 0. The minimum Gasteiger partial charge on any atom is -0.288 e. The van der Waals surface area contributed by atoms with Gasteiger partial charge in [-0.05, 0) is 18.2 Å². The third-order valence-electron chi connectivity index (χ3n) is 1.68. The summed E-state index contributed by atoms with van der Waals surface area (Å²) in [6.07, 6.45) is 0.624. The quantitative estimate of drug-likeness (QED) is 0.595. The van der Waals surface area contributed by atoms with Crippen molar-refractivity contribution in [2.75, 3.05) is 5.75 Å². The molecule has 1 nitrogen and oxygen atoms in total. The molecule has 0 heterocycles. The largest absolute Gasteiger partial charge is 0.288 e. The van der Waals surface area contributed by atoms with Gasteiger partial charge in [0.1, 0.15) is 5.82 Å². The minimum absolute atomic E-state index is 0.0740. The van der Waals surface area contributed by atoms with Crippen LogP contribution in [0, 0.1) is 17.7 Å². The second-order valence-electron chi connectivity index (χ2n) is 3.02. The lowest BCUT2D eigenvalue weighted by molar-refractivity contribution is -0.109. The number of carbonyl (C=O) groups is 1. The Kier molecular flexibility index (Phi) is 5.37. The van der Waals surface area contributed by atoms with E-state index in [0.717, 1.165) is 0 Å². The van der Waals surface area contributed by atoms with Crippen LogP contribution in [0.1, 0.15) is 18.9 Å². The van der Waals surface area contributed by atoms with Gasteiger partial charge in [-0.1, -0.05) is 35.2 Å². The Morgan fingerprint density at radius 2 is 2.31 bits per heavy atom. The summed E-state index contributed by atoms with van der Waals surface area (Å²) in [5, 5.41) is 0.163.